The van der Waals surface area contributed by atoms with Gasteiger partial charge in [0.25, 0.3) is 0 Å². The second kappa shape index (κ2) is 6.19. The van der Waals surface area contributed by atoms with Crippen molar-refractivity contribution in [2.24, 2.45) is 5.92 Å². The number of nitrogens with one attached hydrogen (secondary N) is 2. The molecule has 2 rings (SSSR count). The smallest absolute Gasteiger partial charge is 0.135 e. The maximum Gasteiger partial charge on any atom is 0.135 e. The van der Waals surface area contributed by atoms with Gasteiger partial charge in [-0.1, -0.05) is 13.8 Å². The Balaban J connectivity index is 2.01. The van der Waals surface area contributed by atoms with Crippen LogP contribution >= 0.6 is 0 Å². The van der Waals surface area contributed by atoms with Crippen LogP contribution in [0.3, 0.4) is 0 Å². The molecule has 1 aliphatic carbocycles. The molecule has 0 saturated heterocycles. The lowest BCUT2D eigenvalue weighted by atomic mass is 9.82. The Morgan fingerprint density at radius 3 is 2.42 bits per heavy atom. The summed E-state index contributed by atoms with van der Waals surface area (Å²) in [5.74, 6) is 3.47. The predicted octanol–water partition coefficient (Wildman–Crippen LogP) is 2.21. The van der Waals surface area contributed by atoms with Crippen LogP contribution in [0.2, 0.25) is 0 Å². The van der Waals surface area contributed by atoms with Gasteiger partial charge in [0, 0.05) is 25.1 Å². The second-order valence-corrected chi connectivity index (χ2v) is 5.55. The maximum absolute atomic E-state index is 9.28. The van der Waals surface area contributed by atoms with Crippen molar-refractivity contribution in [2.75, 3.05) is 23.7 Å². The number of aliphatic hydroxyl groups is 1. The van der Waals surface area contributed by atoms with Crippen molar-refractivity contribution < 1.29 is 5.11 Å². The van der Waals surface area contributed by atoms with Crippen molar-refractivity contribution >= 4 is 11.6 Å². The quantitative estimate of drug-likeness (QED) is 0.735. The lowest BCUT2D eigenvalue weighted by Gasteiger charge is -2.31. The molecule has 1 aromatic rings. The van der Waals surface area contributed by atoms with E-state index in [1.54, 1.807) is 0 Å². The van der Waals surface area contributed by atoms with Crippen molar-refractivity contribution in [1.29, 1.82) is 0 Å². The Labute approximate surface area is 114 Å². The van der Waals surface area contributed by atoms with E-state index < -0.39 is 0 Å². The van der Waals surface area contributed by atoms with Gasteiger partial charge in [0.15, 0.2) is 0 Å². The Morgan fingerprint density at radius 2 is 1.89 bits per heavy atom. The first kappa shape index (κ1) is 14.1. The Bertz CT molecular complexity index is 416. The molecule has 0 aromatic carbocycles. The van der Waals surface area contributed by atoms with Gasteiger partial charge < -0.3 is 15.7 Å². The fourth-order valence-electron chi connectivity index (χ4n) is 2.20. The highest BCUT2D eigenvalue weighted by atomic mass is 16.3. The summed E-state index contributed by atoms with van der Waals surface area (Å²) in [6.07, 6.45) is 1.70. The van der Waals surface area contributed by atoms with E-state index >= 15 is 0 Å². The molecular formula is C14H24N4O. The number of nitrogens with zero attached hydrogens (tertiary/aromatic N) is 2. The third-order valence-electron chi connectivity index (χ3n) is 3.40. The van der Waals surface area contributed by atoms with E-state index in [4.69, 9.17) is 0 Å². The molecule has 5 heteroatoms. The van der Waals surface area contributed by atoms with Crippen LogP contribution < -0.4 is 10.6 Å². The number of hydrogen-bond acceptors (Lipinski definition) is 5. The number of aromatic nitrogens is 2. The number of rotatable bonds is 6. The molecule has 106 valence electrons. The maximum atomic E-state index is 9.28. The highest BCUT2D eigenvalue weighted by Crippen LogP contribution is 2.27. The van der Waals surface area contributed by atoms with Crippen LogP contribution in [0.25, 0.3) is 0 Å². The minimum Gasteiger partial charge on any atom is -0.393 e. The van der Waals surface area contributed by atoms with E-state index in [1.165, 1.54) is 0 Å². The lowest BCUT2D eigenvalue weighted by Crippen LogP contribution is -2.33. The van der Waals surface area contributed by atoms with Gasteiger partial charge in [-0.25, -0.2) is 9.97 Å². The highest BCUT2D eigenvalue weighted by molar-refractivity contribution is 5.47. The van der Waals surface area contributed by atoms with Crippen molar-refractivity contribution in [1.82, 2.24) is 9.97 Å². The standard InChI is InChI=1S/C14H24N4O/c1-4-15-12-7-13(18-14(17-12)9(2)3)16-8-10-5-11(19)6-10/h7,9-11,19H,4-6,8H2,1-3H3,(H2,15,16,17,18). The van der Waals surface area contributed by atoms with Crippen LogP contribution in [0, 0.1) is 5.92 Å². The summed E-state index contributed by atoms with van der Waals surface area (Å²) in [6, 6.07) is 1.95. The van der Waals surface area contributed by atoms with Crippen LogP contribution in [0.4, 0.5) is 11.6 Å². The summed E-state index contributed by atoms with van der Waals surface area (Å²) in [6.45, 7) is 7.97. The van der Waals surface area contributed by atoms with Crippen LogP contribution in [-0.4, -0.2) is 34.3 Å². The molecule has 0 atom stereocenters. The first-order chi connectivity index (χ1) is 9.08. The van der Waals surface area contributed by atoms with Gasteiger partial charge in [0.2, 0.25) is 0 Å². The molecule has 1 heterocycles. The molecule has 1 saturated carbocycles. The lowest BCUT2D eigenvalue weighted by molar-refractivity contribution is 0.0486. The Morgan fingerprint density at radius 1 is 1.26 bits per heavy atom. The molecule has 5 nitrogen and oxygen atoms in total. The Kier molecular flexibility index (Phi) is 4.58. The first-order valence-corrected chi connectivity index (χ1v) is 7.13. The van der Waals surface area contributed by atoms with Gasteiger partial charge >= 0.3 is 0 Å². The summed E-state index contributed by atoms with van der Waals surface area (Å²) in [7, 11) is 0. The molecule has 0 amide bonds. The monoisotopic (exact) mass is 264 g/mol. The predicted molar refractivity (Wildman–Crippen MR) is 77.5 cm³/mol. The number of hydrogen-bond donors (Lipinski definition) is 3. The normalized spacial score (nSPS) is 22.2. The van der Waals surface area contributed by atoms with Gasteiger partial charge in [-0.2, -0.15) is 0 Å². The number of aliphatic hydroxyl groups excluding tert-OH is 1. The minimum atomic E-state index is -0.0965. The van der Waals surface area contributed by atoms with E-state index in [0.29, 0.717) is 11.8 Å². The van der Waals surface area contributed by atoms with Crippen molar-refractivity contribution in [2.45, 2.75) is 45.6 Å². The zero-order valence-electron chi connectivity index (χ0n) is 12.0. The topological polar surface area (TPSA) is 70.1 Å². The van der Waals surface area contributed by atoms with Crippen molar-refractivity contribution in [3.05, 3.63) is 11.9 Å². The zero-order chi connectivity index (χ0) is 13.8. The van der Waals surface area contributed by atoms with Crippen LogP contribution in [0.1, 0.15) is 45.4 Å². The molecular weight excluding hydrogens is 240 g/mol. The highest BCUT2D eigenvalue weighted by Gasteiger charge is 2.26. The molecule has 1 fully saturated rings. The van der Waals surface area contributed by atoms with E-state index in [1.807, 2.05) is 6.07 Å². The van der Waals surface area contributed by atoms with Gasteiger partial charge in [0.05, 0.1) is 6.10 Å². The van der Waals surface area contributed by atoms with Gasteiger partial charge in [0.1, 0.15) is 17.5 Å². The second-order valence-electron chi connectivity index (χ2n) is 5.55. The molecule has 19 heavy (non-hydrogen) atoms. The zero-order valence-corrected chi connectivity index (χ0v) is 12.0. The Hall–Kier alpha value is -1.36. The molecule has 0 spiro atoms. The third kappa shape index (κ3) is 3.80. The minimum absolute atomic E-state index is 0.0965. The van der Waals surface area contributed by atoms with Crippen molar-refractivity contribution in [3.63, 3.8) is 0 Å². The van der Waals surface area contributed by atoms with Gasteiger partial charge in [-0.3, -0.25) is 0 Å². The molecule has 0 unspecified atom stereocenters. The first-order valence-electron chi connectivity index (χ1n) is 7.13. The summed E-state index contributed by atoms with van der Waals surface area (Å²) >= 11 is 0. The molecule has 0 radical (unpaired) electrons. The largest absolute Gasteiger partial charge is 0.393 e. The average Bonchev–Trinajstić information content (AvgIpc) is 2.33. The van der Waals surface area contributed by atoms with E-state index in [0.717, 1.165) is 43.4 Å². The molecule has 0 bridgehead atoms. The molecule has 1 aromatic heterocycles. The molecule has 1 aliphatic rings. The van der Waals surface area contributed by atoms with Gasteiger partial charge in [-0.05, 0) is 25.7 Å². The van der Waals surface area contributed by atoms with Gasteiger partial charge in [-0.15, -0.1) is 0 Å². The summed E-state index contributed by atoms with van der Waals surface area (Å²) in [5, 5.41) is 15.9. The summed E-state index contributed by atoms with van der Waals surface area (Å²) in [5.41, 5.74) is 0. The van der Waals surface area contributed by atoms with Crippen molar-refractivity contribution in [3.8, 4) is 0 Å². The summed E-state index contributed by atoms with van der Waals surface area (Å²) < 4.78 is 0. The van der Waals surface area contributed by atoms with Crippen LogP contribution in [-0.2, 0) is 0 Å². The van der Waals surface area contributed by atoms with Crippen LogP contribution in [0.5, 0.6) is 0 Å². The van der Waals surface area contributed by atoms with E-state index in [9.17, 15) is 5.11 Å². The number of anilines is 2. The van der Waals surface area contributed by atoms with E-state index in [2.05, 4.69) is 41.4 Å². The third-order valence-corrected chi connectivity index (χ3v) is 3.40. The summed E-state index contributed by atoms with van der Waals surface area (Å²) in [4.78, 5) is 9.03. The fourth-order valence-corrected chi connectivity index (χ4v) is 2.20. The fraction of sp³-hybridized carbons (Fsp3) is 0.714. The SMILES string of the molecule is CCNc1cc(NCC2CC(O)C2)nc(C(C)C)n1. The molecule has 3 N–H and O–H groups in total. The average molecular weight is 264 g/mol. The van der Waals surface area contributed by atoms with Crippen LogP contribution in [0.15, 0.2) is 6.07 Å². The molecule has 0 aliphatic heterocycles. The van der Waals surface area contributed by atoms with E-state index in [-0.39, 0.29) is 6.10 Å².